The summed E-state index contributed by atoms with van der Waals surface area (Å²) in [6.45, 7) is 2.95. The summed E-state index contributed by atoms with van der Waals surface area (Å²) in [5, 5.41) is 15.0. The number of ketones is 2. The summed E-state index contributed by atoms with van der Waals surface area (Å²) in [6, 6.07) is 13.2. The van der Waals surface area contributed by atoms with Gasteiger partial charge in [-0.05, 0) is 17.7 Å². The number of aromatic nitrogens is 1. The quantitative estimate of drug-likeness (QED) is 0.366. The van der Waals surface area contributed by atoms with Crippen molar-refractivity contribution in [3.63, 3.8) is 0 Å². The number of pyridine rings is 1. The van der Waals surface area contributed by atoms with Crippen LogP contribution in [0.15, 0.2) is 59.7 Å². The Morgan fingerprint density at radius 2 is 2.03 bits per heavy atom. The van der Waals surface area contributed by atoms with Crippen LogP contribution in [0.25, 0.3) is 10.9 Å². The normalized spacial score (nSPS) is 20.5. The average Bonchev–Trinajstić information content (AvgIpc) is 2.84. The molecule has 33 heavy (non-hydrogen) atoms. The number of aliphatic imine (C=N–C) groups is 1. The summed E-state index contributed by atoms with van der Waals surface area (Å²) >= 11 is 0. The number of piperazine rings is 1. The predicted octanol–water partition coefficient (Wildman–Crippen LogP) is 2.44. The Kier molecular flexibility index (Phi) is 5.49. The van der Waals surface area contributed by atoms with Gasteiger partial charge in [0.05, 0.1) is 23.3 Å². The molecule has 9 nitrogen and oxygen atoms in total. The Labute approximate surface area is 189 Å². The van der Waals surface area contributed by atoms with Crippen LogP contribution in [0.1, 0.15) is 26.3 Å². The monoisotopic (exact) mass is 443 g/mol. The lowest BCUT2D eigenvalue weighted by Crippen LogP contribution is -2.53. The van der Waals surface area contributed by atoms with Crippen molar-refractivity contribution >= 4 is 34.4 Å². The minimum absolute atomic E-state index is 0.0483. The molecule has 2 aromatic carbocycles. The zero-order valence-corrected chi connectivity index (χ0v) is 17.7. The molecule has 1 fully saturated rings. The second-order valence-corrected chi connectivity index (χ2v) is 8.22. The predicted molar refractivity (Wildman–Crippen MR) is 123 cm³/mol. The Morgan fingerprint density at radius 3 is 2.82 bits per heavy atom. The van der Waals surface area contributed by atoms with Crippen molar-refractivity contribution in [3.8, 4) is 0 Å². The van der Waals surface area contributed by atoms with E-state index >= 15 is 0 Å². The van der Waals surface area contributed by atoms with Crippen molar-refractivity contribution in [2.24, 2.45) is 4.99 Å². The number of carbonyl (C=O) groups is 2. The number of benzene rings is 2. The molecule has 0 spiro atoms. The van der Waals surface area contributed by atoms with Crippen molar-refractivity contribution < 1.29 is 14.5 Å². The molecule has 2 atom stereocenters. The number of hydrogen-bond donors (Lipinski definition) is 1. The smallest absolute Gasteiger partial charge is 0.305 e. The largest absolute Gasteiger partial charge is 0.309 e. The van der Waals surface area contributed by atoms with E-state index in [-0.39, 0.29) is 17.4 Å². The summed E-state index contributed by atoms with van der Waals surface area (Å²) in [6.07, 6.45) is 2.53. The average molecular weight is 443 g/mol. The zero-order chi connectivity index (χ0) is 22.9. The van der Waals surface area contributed by atoms with Crippen molar-refractivity contribution in [2.45, 2.75) is 18.6 Å². The van der Waals surface area contributed by atoms with Crippen LogP contribution in [0.2, 0.25) is 0 Å². The van der Waals surface area contributed by atoms with Crippen LogP contribution < -0.4 is 5.32 Å². The Morgan fingerprint density at radius 1 is 1.21 bits per heavy atom. The van der Waals surface area contributed by atoms with Gasteiger partial charge in [0, 0.05) is 48.2 Å². The molecule has 0 radical (unpaired) electrons. The number of Topliss-reactive ketones (excluding diaryl/α,β-unsaturated/α-hetero) is 2. The maximum Gasteiger partial charge on any atom is 0.309 e. The molecule has 9 heteroatoms. The Bertz CT molecular complexity index is 1290. The highest BCUT2D eigenvalue weighted by Crippen LogP contribution is 2.32. The molecular formula is C24H21N5O4. The van der Waals surface area contributed by atoms with E-state index in [1.54, 1.807) is 12.1 Å². The summed E-state index contributed by atoms with van der Waals surface area (Å²) in [4.78, 5) is 46.8. The molecule has 2 aliphatic rings. The minimum atomic E-state index is -1.48. The molecule has 1 aromatic heterocycles. The van der Waals surface area contributed by atoms with E-state index in [2.05, 4.69) is 32.3 Å². The fraction of sp³-hybridized carbons (Fsp3) is 0.250. The van der Waals surface area contributed by atoms with E-state index in [0.717, 1.165) is 19.3 Å². The standard InChI is InChI=1S/C24H21N5O4/c30-23(19-14-28(9-8-25-19)13-15-4-2-1-3-5-15)17-10-16-6-7-18-22(21(16)26-11-17)27-12-20(24(18)31)29(32)33/h1-7,10-12,19-20,25H,8-9,13-14H2. The molecule has 3 heterocycles. The second kappa shape index (κ2) is 8.61. The number of nitro groups is 1. The first-order chi connectivity index (χ1) is 16.0. The van der Waals surface area contributed by atoms with Crippen LogP contribution in [0.4, 0.5) is 5.69 Å². The Hall–Kier alpha value is -3.82. The summed E-state index contributed by atoms with van der Waals surface area (Å²) in [5.74, 6) is -0.661. The summed E-state index contributed by atoms with van der Waals surface area (Å²) < 4.78 is 0. The van der Waals surface area contributed by atoms with Crippen molar-refractivity contribution in [3.05, 3.63) is 81.5 Å². The molecule has 1 saturated heterocycles. The van der Waals surface area contributed by atoms with Gasteiger partial charge in [-0.3, -0.25) is 34.6 Å². The number of hydrogen-bond acceptors (Lipinski definition) is 8. The first-order valence-corrected chi connectivity index (χ1v) is 10.7. The molecule has 3 aromatic rings. The maximum absolute atomic E-state index is 13.2. The van der Waals surface area contributed by atoms with Crippen LogP contribution in [0, 0.1) is 10.1 Å². The maximum atomic E-state index is 13.2. The van der Waals surface area contributed by atoms with E-state index in [9.17, 15) is 19.7 Å². The number of carbonyl (C=O) groups excluding carboxylic acids is 2. The van der Waals surface area contributed by atoms with Crippen molar-refractivity contribution in [1.29, 1.82) is 0 Å². The van der Waals surface area contributed by atoms with E-state index < -0.39 is 16.7 Å². The third-order valence-corrected chi connectivity index (χ3v) is 6.04. The number of fused-ring (bicyclic) bond motifs is 3. The van der Waals surface area contributed by atoms with Crippen LogP contribution in [0.3, 0.4) is 0 Å². The highest BCUT2D eigenvalue weighted by Gasteiger charge is 2.35. The van der Waals surface area contributed by atoms with Gasteiger partial charge in [-0.25, -0.2) is 0 Å². The molecule has 0 bridgehead atoms. The summed E-state index contributed by atoms with van der Waals surface area (Å²) in [5.41, 5.74) is 2.59. The van der Waals surface area contributed by atoms with Crippen molar-refractivity contribution in [2.75, 3.05) is 19.6 Å². The van der Waals surface area contributed by atoms with Gasteiger partial charge < -0.3 is 5.32 Å². The van der Waals surface area contributed by atoms with Gasteiger partial charge >= 0.3 is 6.04 Å². The molecule has 2 aliphatic heterocycles. The molecule has 0 saturated carbocycles. The molecule has 166 valence electrons. The molecular weight excluding hydrogens is 422 g/mol. The first-order valence-electron chi connectivity index (χ1n) is 10.7. The topological polar surface area (TPSA) is 118 Å². The van der Waals surface area contributed by atoms with Crippen molar-refractivity contribution in [1.82, 2.24) is 15.2 Å². The van der Waals surface area contributed by atoms with Gasteiger partial charge in [0.2, 0.25) is 5.78 Å². The van der Waals surface area contributed by atoms with E-state index in [0.29, 0.717) is 35.2 Å². The zero-order valence-electron chi connectivity index (χ0n) is 17.7. The molecule has 2 unspecified atom stereocenters. The first kappa shape index (κ1) is 21.0. The van der Waals surface area contributed by atoms with Crippen LogP contribution in [-0.4, -0.2) is 64.3 Å². The Balaban J connectivity index is 1.37. The molecule has 0 amide bonds. The molecule has 0 aliphatic carbocycles. The van der Waals surface area contributed by atoms with E-state index in [4.69, 9.17) is 0 Å². The van der Waals surface area contributed by atoms with Gasteiger partial charge in [-0.2, -0.15) is 0 Å². The minimum Gasteiger partial charge on any atom is -0.305 e. The lowest BCUT2D eigenvalue weighted by Gasteiger charge is -2.33. The summed E-state index contributed by atoms with van der Waals surface area (Å²) in [7, 11) is 0. The highest BCUT2D eigenvalue weighted by molar-refractivity contribution is 6.18. The van der Waals surface area contributed by atoms with Gasteiger partial charge in [-0.15, -0.1) is 0 Å². The lowest BCUT2D eigenvalue weighted by molar-refractivity contribution is -0.485. The fourth-order valence-corrected chi connectivity index (χ4v) is 4.35. The third-order valence-electron chi connectivity index (χ3n) is 6.04. The number of rotatable bonds is 5. The van der Waals surface area contributed by atoms with Gasteiger partial charge in [0.15, 0.2) is 5.78 Å². The fourth-order valence-electron chi connectivity index (χ4n) is 4.35. The van der Waals surface area contributed by atoms with E-state index in [1.807, 2.05) is 18.2 Å². The SMILES string of the molecule is O=C(c1cnc2c3c(ccc2c1)C(=O)C([N+](=O)[O-])C=N3)C1CN(Cc2ccccc2)CCN1. The van der Waals surface area contributed by atoms with E-state index in [1.165, 1.54) is 17.8 Å². The number of nitrogens with zero attached hydrogens (tertiary/aromatic N) is 4. The molecule has 5 rings (SSSR count). The van der Waals surface area contributed by atoms with Gasteiger partial charge in [-0.1, -0.05) is 36.4 Å². The van der Waals surface area contributed by atoms with Crippen LogP contribution >= 0.6 is 0 Å². The van der Waals surface area contributed by atoms with Gasteiger partial charge in [0.1, 0.15) is 5.69 Å². The second-order valence-electron chi connectivity index (χ2n) is 8.22. The highest BCUT2D eigenvalue weighted by atomic mass is 16.6. The lowest BCUT2D eigenvalue weighted by atomic mass is 9.96. The van der Waals surface area contributed by atoms with Gasteiger partial charge in [0.25, 0.3) is 0 Å². The van der Waals surface area contributed by atoms with Crippen LogP contribution in [-0.2, 0) is 6.54 Å². The molecule has 1 N–H and O–H groups in total. The van der Waals surface area contributed by atoms with Crippen LogP contribution in [0.5, 0.6) is 0 Å². The number of nitrogens with one attached hydrogen (secondary N) is 1. The third kappa shape index (κ3) is 4.04.